The third kappa shape index (κ3) is 2.08. The number of phenolic OH excluding ortho intramolecular Hbond substituents is 1. The van der Waals surface area contributed by atoms with Crippen molar-refractivity contribution in [2.45, 2.75) is 0 Å². The number of hydrogen-bond donors (Lipinski definition) is 1. The lowest BCUT2D eigenvalue weighted by Crippen LogP contribution is -2.23. The van der Waals surface area contributed by atoms with E-state index in [0.717, 1.165) is 0 Å². The second kappa shape index (κ2) is 3.76. The first-order chi connectivity index (χ1) is 6.15. The molecule has 0 aliphatic rings. The summed E-state index contributed by atoms with van der Waals surface area (Å²) >= 11 is 0. The number of carbonyl (C=O) groups is 1. The number of benzene rings is 1. The zero-order valence-electron chi connectivity index (χ0n) is 7.40. The number of aromatic hydroxyl groups is 1. The molecule has 1 rings (SSSR count). The molecule has 0 atom stereocenters. The smallest absolute Gasteiger partial charge is 0.250 e. The van der Waals surface area contributed by atoms with Gasteiger partial charge in [0.1, 0.15) is 5.75 Å². The highest BCUT2D eigenvalue weighted by Gasteiger charge is 2.06. The minimum absolute atomic E-state index is 0.140. The molecular weight excluding hydrogens is 166 g/mol. The summed E-state index contributed by atoms with van der Waals surface area (Å²) in [5, 5.41) is 9.15. The Balaban J connectivity index is 2.94. The Hall–Kier alpha value is -1.77. The van der Waals surface area contributed by atoms with Crippen LogP contribution in [0.3, 0.4) is 0 Å². The summed E-state index contributed by atoms with van der Waals surface area (Å²) in [5.74, 6) is -0.0631. The van der Waals surface area contributed by atoms with Crippen molar-refractivity contribution < 1.29 is 9.90 Å². The lowest BCUT2D eigenvalue weighted by Gasteiger charge is -2.14. The van der Waals surface area contributed by atoms with Crippen LogP contribution >= 0.6 is 0 Å². The second-order valence-electron chi connectivity index (χ2n) is 2.62. The van der Waals surface area contributed by atoms with E-state index in [1.54, 1.807) is 25.2 Å². The van der Waals surface area contributed by atoms with Crippen LogP contribution in [0, 0.1) is 0 Å². The van der Waals surface area contributed by atoms with E-state index in [0.29, 0.717) is 5.69 Å². The van der Waals surface area contributed by atoms with Crippen LogP contribution in [0.5, 0.6) is 5.75 Å². The molecule has 3 nitrogen and oxygen atoms in total. The summed E-state index contributed by atoms with van der Waals surface area (Å²) in [4.78, 5) is 12.6. The normalized spacial score (nSPS) is 9.31. The fourth-order valence-corrected chi connectivity index (χ4v) is 0.966. The van der Waals surface area contributed by atoms with E-state index in [1.807, 2.05) is 0 Å². The van der Waals surface area contributed by atoms with Gasteiger partial charge in [-0.1, -0.05) is 12.6 Å². The minimum Gasteiger partial charge on any atom is -0.508 e. The van der Waals surface area contributed by atoms with E-state index in [-0.39, 0.29) is 11.7 Å². The van der Waals surface area contributed by atoms with Gasteiger partial charge in [-0.15, -0.1) is 0 Å². The molecule has 0 radical (unpaired) electrons. The van der Waals surface area contributed by atoms with E-state index in [1.165, 1.54) is 17.0 Å². The molecule has 13 heavy (non-hydrogen) atoms. The molecule has 0 bridgehead atoms. The van der Waals surface area contributed by atoms with Crippen molar-refractivity contribution >= 4 is 11.6 Å². The Morgan fingerprint density at radius 2 is 2.31 bits per heavy atom. The van der Waals surface area contributed by atoms with Crippen molar-refractivity contribution in [1.82, 2.24) is 0 Å². The van der Waals surface area contributed by atoms with Gasteiger partial charge in [-0.3, -0.25) is 4.79 Å². The van der Waals surface area contributed by atoms with Gasteiger partial charge in [-0.2, -0.15) is 0 Å². The van der Waals surface area contributed by atoms with Gasteiger partial charge < -0.3 is 10.0 Å². The summed E-state index contributed by atoms with van der Waals surface area (Å²) < 4.78 is 0. The lowest BCUT2D eigenvalue weighted by molar-refractivity contribution is -0.113. The van der Waals surface area contributed by atoms with Crippen molar-refractivity contribution in [1.29, 1.82) is 0 Å². The van der Waals surface area contributed by atoms with Gasteiger partial charge in [-0.25, -0.2) is 0 Å². The fourth-order valence-electron chi connectivity index (χ4n) is 0.966. The van der Waals surface area contributed by atoms with Crippen LogP contribution in [0.1, 0.15) is 0 Å². The third-order valence-electron chi connectivity index (χ3n) is 1.72. The monoisotopic (exact) mass is 177 g/mol. The number of amides is 1. The molecule has 0 fully saturated rings. The zero-order chi connectivity index (χ0) is 9.84. The topological polar surface area (TPSA) is 40.5 Å². The molecule has 68 valence electrons. The quantitative estimate of drug-likeness (QED) is 0.696. The lowest BCUT2D eigenvalue weighted by atomic mass is 10.3. The fraction of sp³-hybridized carbons (Fsp3) is 0.100. The van der Waals surface area contributed by atoms with Gasteiger partial charge in [0.2, 0.25) is 5.91 Å². The number of rotatable bonds is 2. The standard InChI is InChI=1S/C10H11NO2/c1-3-10(13)11(2)8-5-4-6-9(12)7-8/h3-7,12H,1H2,2H3. The maximum atomic E-state index is 11.1. The van der Waals surface area contributed by atoms with Crippen LogP contribution in [0.4, 0.5) is 5.69 Å². The van der Waals surface area contributed by atoms with Crippen molar-refractivity contribution in [2.75, 3.05) is 11.9 Å². The SMILES string of the molecule is C=CC(=O)N(C)c1cccc(O)c1. The largest absolute Gasteiger partial charge is 0.508 e. The minimum atomic E-state index is -0.203. The number of phenols is 1. The second-order valence-corrected chi connectivity index (χ2v) is 2.62. The Bertz CT molecular complexity index is 333. The Morgan fingerprint density at radius 1 is 1.62 bits per heavy atom. The van der Waals surface area contributed by atoms with E-state index in [2.05, 4.69) is 6.58 Å². The molecule has 0 unspecified atom stereocenters. The summed E-state index contributed by atoms with van der Waals surface area (Å²) in [5.41, 5.74) is 0.643. The molecule has 0 aliphatic heterocycles. The predicted octanol–water partition coefficient (Wildman–Crippen LogP) is 1.54. The van der Waals surface area contributed by atoms with E-state index < -0.39 is 0 Å². The summed E-state index contributed by atoms with van der Waals surface area (Å²) in [6, 6.07) is 6.48. The molecule has 0 saturated carbocycles. The molecule has 1 aromatic carbocycles. The van der Waals surface area contributed by atoms with Gasteiger partial charge in [0.25, 0.3) is 0 Å². The molecule has 1 amide bonds. The molecule has 0 spiro atoms. The van der Waals surface area contributed by atoms with Gasteiger partial charge in [0, 0.05) is 18.8 Å². The highest BCUT2D eigenvalue weighted by atomic mass is 16.3. The average Bonchev–Trinajstić information content (AvgIpc) is 2.15. The number of likely N-dealkylation sites (N-methyl/N-ethyl adjacent to an activating group) is 1. The van der Waals surface area contributed by atoms with Gasteiger partial charge in [0.15, 0.2) is 0 Å². The van der Waals surface area contributed by atoms with Crippen molar-refractivity contribution in [3.63, 3.8) is 0 Å². The number of nitrogens with zero attached hydrogens (tertiary/aromatic N) is 1. The molecule has 0 aromatic heterocycles. The number of carbonyl (C=O) groups excluding carboxylic acids is 1. The van der Waals surface area contributed by atoms with E-state index >= 15 is 0 Å². The van der Waals surface area contributed by atoms with Gasteiger partial charge in [0.05, 0.1) is 0 Å². The van der Waals surface area contributed by atoms with Crippen LogP contribution in [0.15, 0.2) is 36.9 Å². The van der Waals surface area contributed by atoms with Crippen molar-refractivity contribution in [3.05, 3.63) is 36.9 Å². The third-order valence-corrected chi connectivity index (χ3v) is 1.72. The summed E-state index contributed by atoms with van der Waals surface area (Å²) in [7, 11) is 1.62. The molecule has 0 heterocycles. The molecule has 0 saturated heterocycles. The molecular formula is C10H11NO2. The van der Waals surface area contributed by atoms with Gasteiger partial charge in [-0.05, 0) is 18.2 Å². The molecule has 0 aliphatic carbocycles. The predicted molar refractivity (Wildman–Crippen MR) is 51.7 cm³/mol. The maximum Gasteiger partial charge on any atom is 0.250 e. The zero-order valence-corrected chi connectivity index (χ0v) is 7.40. The Morgan fingerprint density at radius 3 is 2.85 bits per heavy atom. The van der Waals surface area contributed by atoms with Crippen molar-refractivity contribution in [3.8, 4) is 5.75 Å². The van der Waals surface area contributed by atoms with Gasteiger partial charge >= 0.3 is 0 Å². The van der Waals surface area contributed by atoms with Crippen LogP contribution in [-0.2, 0) is 4.79 Å². The molecule has 1 aromatic rings. The van der Waals surface area contributed by atoms with Crippen molar-refractivity contribution in [2.24, 2.45) is 0 Å². The highest BCUT2D eigenvalue weighted by molar-refractivity contribution is 6.00. The van der Waals surface area contributed by atoms with E-state index in [9.17, 15) is 4.79 Å². The van der Waals surface area contributed by atoms with Crippen LogP contribution in [0.25, 0.3) is 0 Å². The Kier molecular flexibility index (Phi) is 2.69. The number of hydrogen-bond acceptors (Lipinski definition) is 2. The molecule has 1 N–H and O–H groups in total. The number of anilines is 1. The van der Waals surface area contributed by atoms with Crippen LogP contribution < -0.4 is 4.90 Å². The Labute approximate surface area is 76.9 Å². The first kappa shape index (κ1) is 9.32. The summed E-state index contributed by atoms with van der Waals surface area (Å²) in [6.45, 7) is 3.38. The first-order valence-corrected chi connectivity index (χ1v) is 3.84. The highest BCUT2D eigenvalue weighted by Crippen LogP contribution is 2.18. The van der Waals surface area contributed by atoms with E-state index in [4.69, 9.17) is 5.11 Å². The van der Waals surface area contributed by atoms with Crippen LogP contribution in [0.2, 0.25) is 0 Å². The first-order valence-electron chi connectivity index (χ1n) is 3.84. The summed E-state index contributed by atoms with van der Waals surface area (Å²) in [6.07, 6.45) is 1.23. The molecule has 3 heteroatoms. The van der Waals surface area contributed by atoms with Crippen LogP contribution in [-0.4, -0.2) is 18.1 Å². The average molecular weight is 177 g/mol. The maximum absolute atomic E-state index is 11.1.